The van der Waals surface area contributed by atoms with E-state index in [0.717, 1.165) is 58.5 Å². The number of fused-ring (bicyclic) bond motifs is 2. The van der Waals surface area contributed by atoms with Gasteiger partial charge in [0, 0.05) is 48.4 Å². The van der Waals surface area contributed by atoms with E-state index >= 15 is 0 Å². The predicted octanol–water partition coefficient (Wildman–Crippen LogP) is 5.98. The molecule has 0 aliphatic carbocycles. The lowest BCUT2D eigenvalue weighted by molar-refractivity contribution is -0.124. The van der Waals surface area contributed by atoms with Crippen molar-refractivity contribution in [3.05, 3.63) is 106 Å². The van der Waals surface area contributed by atoms with Gasteiger partial charge in [-0.2, -0.15) is 0 Å². The summed E-state index contributed by atoms with van der Waals surface area (Å²) < 4.78 is 5.92. The number of nitrogens with one attached hydrogen (secondary N) is 1. The molecule has 2 heterocycles. The topological polar surface area (TPSA) is 71.5 Å². The molecule has 4 aromatic rings. The quantitative estimate of drug-likeness (QED) is 0.312. The normalized spacial score (nSPS) is 14.1. The summed E-state index contributed by atoms with van der Waals surface area (Å²) in [6, 6.07) is 23.9. The molecule has 6 heteroatoms. The highest BCUT2D eigenvalue weighted by molar-refractivity contribution is 6.06. The minimum absolute atomic E-state index is 0.326. The van der Waals surface area contributed by atoms with Gasteiger partial charge in [-0.15, -0.1) is 0 Å². The maximum absolute atomic E-state index is 13.8. The highest BCUT2D eigenvalue weighted by Crippen LogP contribution is 2.30. The van der Waals surface area contributed by atoms with Crippen molar-refractivity contribution < 1.29 is 14.3 Å². The summed E-state index contributed by atoms with van der Waals surface area (Å²) in [7, 11) is 0. The molecule has 0 fully saturated rings. The van der Waals surface area contributed by atoms with E-state index < -0.39 is 12.1 Å². The molecule has 0 radical (unpaired) electrons. The molecule has 5 rings (SSSR count). The molecule has 1 unspecified atom stereocenters. The molecule has 1 amide bonds. The Morgan fingerprint density at radius 3 is 2.58 bits per heavy atom. The third-order valence-corrected chi connectivity index (χ3v) is 7.14. The van der Waals surface area contributed by atoms with E-state index in [1.165, 1.54) is 5.56 Å². The fourth-order valence-corrected chi connectivity index (χ4v) is 5.05. The van der Waals surface area contributed by atoms with Crippen LogP contribution in [0.15, 0.2) is 72.8 Å². The van der Waals surface area contributed by atoms with E-state index in [9.17, 15) is 9.59 Å². The van der Waals surface area contributed by atoms with Gasteiger partial charge in [0.05, 0.1) is 11.1 Å². The lowest BCUT2D eigenvalue weighted by Crippen LogP contribution is -2.35. The van der Waals surface area contributed by atoms with E-state index in [0.29, 0.717) is 18.5 Å². The number of carbonyl (C=O) groups excluding carboxylic acids is 2. The van der Waals surface area contributed by atoms with Crippen LogP contribution in [-0.2, 0) is 29.0 Å². The van der Waals surface area contributed by atoms with Crippen LogP contribution in [0, 0.1) is 13.8 Å². The van der Waals surface area contributed by atoms with Crippen molar-refractivity contribution in [1.82, 2.24) is 9.88 Å². The number of aryl methyl sites for hydroxylation is 2. The molecular formula is C32H33N3O3. The summed E-state index contributed by atoms with van der Waals surface area (Å²) in [4.78, 5) is 34.2. The Morgan fingerprint density at radius 1 is 1.03 bits per heavy atom. The maximum Gasteiger partial charge on any atom is 0.340 e. The van der Waals surface area contributed by atoms with Crippen molar-refractivity contribution in [1.29, 1.82) is 0 Å². The molecule has 0 saturated carbocycles. The van der Waals surface area contributed by atoms with Gasteiger partial charge in [-0.3, -0.25) is 14.7 Å². The van der Waals surface area contributed by atoms with Crippen LogP contribution >= 0.6 is 0 Å². The van der Waals surface area contributed by atoms with Crippen molar-refractivity contribution in [3.63, 3.8) is 0 Å². The minimum atomic E-state index is -0.908. The molecule has 3 aromatic carbocycles. The third kappa shape index (κ3) is 5.46. The number of para-hydroxylation sites is 1. The highest BCUT2D eigenvalue weighted by Gasteiger charge is 2.29. The van der Waals surface area contributed by atoms with Gasteiger partial charge in [0.1, 0.15) is 0 Å². The first-order valence-electron chi connectivity index (χ1n) is 13.2. The predicted molar refractivity (Wildman–Crippen MR) is 150 cm³/mol. The average molecular weight is 508 g/mol. The van der Waals surface area contributed by atoms with E-state index in [1.807, 2.05) is 81.4 Å². The number of ether oxygens (including phenoxy) is 1. The molecule has 1 N–H and O–H groups in total. The lowest BCUT2D eigenvalue weighted by Gasteiger charge is -2.30. The summed E-state index contributed by atoms with van der Waals surface area (Å²) in [6.07, 6.45) is 0.208. The van der Waals surface area contributed by atoms with Crippen molar-refractivity contribution in [3.8, 4) is 0 Å². The Kier molecular flexibility index (Phi) is 7.52. The molecular weight excluding hydrogens is 474 g/mol. The molecule has 0 saturated heterocycles. The van der Waals surface area contributed by atoms with Crippen LogP contribution in [0.2, 0.25) is 0 Å². The molecule has 0 spiro atoms. The van der Waals surface area contributed by atoms with Gasteiger partial charge in [-0.05, 0) is 49.1 Å². The number of hydrogen-bond acceptors (Lipinski definition) is 5. The first kappa shape index (κ1) is 25.6. The fourth-order valence-electron chi connectivity index (χ4n) is 5.05. The molecule has 6 nitrogen and oxygen atoms in total. The first-order valence-corrected chi connectivity index (χ1v) is 13.2. The number of carbonyl (C=O) groups is 2. The lowest BCUT2D eigenvalue weighted by atomic mass is 9.95. The molecule has 1 aliphatic heterocycles. The third-order valence-electron chi connectivity index (χ3n) is 7.14. The zero-order chi connectivity index (χ0) is 26.6. The second-order valence-electron chi connectivity index (χ2n) is 9.99. The van der Waals surface area contributed by atoms with Gasteiger partial charge < -0.3 is 10.1 Å². The van der Waals surface area contributed by atoms with Gasteiger partial charge in [0.15, 0.2) is 6.10 Å². The number of anilines is 1. The average Bonchev–Trinajstić information content (AvgIpc) is 2.92. The van der Waals surface area contributed by atoms with E-state index in [1.54, 1.807) is 0 Å². The van der Waals surface area contributed by atoms with Crippen molar-refractivity contribution in [2.45, 2.75) is 52.8 Å². The number of pyridine rings is 1. The first-order chi connectivity index (χ1) is 18.4. The Hall–Kier alpha value is -4.03. The van der Waals surface area contributed by atoms with Gasteiger partial charge in [0.2, 0.25) is 0 Å². The SMILES string of the molecule is CCC(OC(=O)c1c2c(nc3ccccc13)CCN(Cc1ccccc1)C2)C(=O)Nc1cc(C)ccc1C. The number of aromatic nitrogens is 1. The summed E-state index contributed by atoms with van der Waals surface area (Å²) >= 11 is 0. The largest absolute Gasteiger partial charge is 0.449 e. The summed E-state index contributed by atoms with van der Waals surface area (Å²) in [6.45, 7) is 8.01. The van der Waals surface area contributed by atoms with Crippen LogP contribution in [0.4, 0.5) is 5.69 Å². The van der Waals surface area contributed by atoms with Crippen LogP contribution < -0.4 is 5.32 Å². The molecule has 0 bridgehead atoms. The monoisotopic (exact) mass is 507 g/mol. The Labute approximate surface area is 223 Å². The van der Waals surface area contributed by atoms with E-state index in [2.05, 4.69) is 22.3 Å². The summed E-state index contributed by atoms with van der Waals surface area (Å²) in [5.41, 5.74) is 7.05. The van der Waals surface area contributed by atoms with E-state index in [4.69, 9.17) is 9.72 Å². The van der Waals surface area contributed by atoms with Crippen LogP contribution in [0.25, 0.3) is 10.9 Å². The number of nitrogens with zero attached hydrogens (tertiary/aromatic N) is 2. The standard InChI is InChI=1S/C32H33N3O3/c1-4-29(31(36)34-28-18-21(2)14-15-22(28)3)38-32(37)30-24-12-8-9-13-26(24)33-27-16-17-35(20-25(27)30)19-23-10-6-5-7-11-23/h5-15,18,29H,4,16-17,19-20H2,1-3H3,(H,34,36). The van der Waals surface area contributed by atoms with Crippen molar-refractivity contribution in [2.24, 2.45) is 0 Å². The van der Waals surface area contributed by atoms with Gasteiger partial charge in [-0.25, -0.2) is 4.79 Å². The summed E-state index contributed by atoms with van der Waals surface area (Å²) in [5, 5.41) is 3.71. The molecule has 1 atom stereocenters. The summed E-state index contributed by atoms with van der Waals surface area (Å²) in [5.74, 6) is -0.808. The van der Waals surface area contributed by atoms with Crippen molar-refractivity contribution >= 4 is 28.5 Å². The van der Waals surface area contributed by atoms with Crippen LogP contribution in [-0.4, -0.2) is 34.4 Å². The van der Waals surface area contributed by atoms with Gasteiger partial charge in [-0.1, -0.05) is 67.6 Å². The van der Waals surface area contributed by atoms with Crippen LogP contribution in [0.5, 0.6) is 0 Å². The Morgan fingerprint density at radius 2 is 1.79 bits per heavy atom. The van der Waals surface area contributed by atoms with E-state index in [-0.39, 0.29) is 5.91 Å². The van der Waals surface area contributed by atoms with Gasteiger partial charge >= 0.3 is 5.97 Å². The zero-order valence-electron chi connectivity index (χ0n) is 22.2. The zero-order valence-corrected chi connectivity index (χ0v) is 22.2. The second-order valence-corrected chi connectivity index (χ2v) is 9.99. The Balaban J connectivity index is 1.43. The fraction of sp³-hybridized carbons (Fsp3) is 0.281. The number of amides is 1. The molecule has 194 valence electrons. The number of rotatable bonds is 7. The van der Waals surface area contributed by atoms with Crippen molar-refractivity contribution in [2.75, 3.05) is 11.9 Å². The minimum Gasteiger partial charge on any atom is -0.449 e. The molecule has 1 aromatic heterocycles. The number of benzene rings is 3. The van der Waals surface area contributed by atoms with Crippen LogP contribution in [0.3, 0.4) is 0 Å². The second kappa shape index (κ2) is 11.2. The van der Waals surface area contributed by atoms with Crippen LogP contribution in [0.1, 0.15) is 51.7 Å². The molecule has 38 heavy (non-hydrogen) atoms. The van der Waals surface area contributed by atoms with Gasteiger partial charge in [0.25, 0.3) is 5.91 Å². The smallest absolute Gasteiger partial charge is 0.340 e. The Bertz CT molecular complexity index is 1480. The number of hydrogen-bond donors (Lipinski definition) is 1. The highest BCUT2D eigenvalue weighted by atomic mass is 16.5. The maximum atomic E-state index is 13.8. The molecule has 1 aliphatic rings. The number of esters is 1.